The summed E-state index contributed by atoms with van der Waals surface area (Å²) in [7, 11) is 1.70. The monoisotopic (exact) mass is 312 g/mol. The summed E-state index contributed by atoms with van der Waals surface area (Å²) in [5.41, 5.74) is 7.35. The van der Waals surface area contributed by atoms with E-state index < -0.39 is 0 Å². The van der Waals surface area contributed by atoms with E-state index in [4.69, 9.17) is 10.5 Å². The molecule has 0 amide bonds. The van der Waals surface area contributed by atoms with Gasteiger partial charge in [0, 0.05) is 30.1 Å². The summed E-state index contributed by atoms with van der Waals surface area (Å²) in [4.78, 5) is 2.43. The molecule has 1 fully saturated rings. The van der Waals surface area contributed by atoms with E-state index in [1.54, 1.807) is 7.11 Å². The van der Waals surface area contributed by atoms with E-state index >= 15 is 0 Å². The van der Waals surface area contributed by atoms with Crippen LogP contribution in [0.5, 0.6) is 5.75 Å². The van der Waals surface area contributed by atoms with E-state index in [0.717, 1.165) is 36.3 Å². The SMILES string of the molecule is COc1ccc(Br)c(CN2CC(C)CC(N)C2)c1. The van der Waals surface area contributed by atoms with Crippen LogP contribution in [0.15, 0.2) is 22.7 Å². The van der Waals surface area contributed by atoms with Crippen molar-refractivity contribution in [3.05, 3.63) is 28.2 Å². The number of benzene rings is 1. The molecule has 3 nitrogen and oxygen atoms in total. The molecule has 1 aromatic rings. The van der Waals surface area contributed by atoms with Gasteiger partial charge in [-0.25, -0.2) is 0 Å². The third-order valence-corrected chi connectivity index (χ3v) is 4.19. The summed E-state index contributed by atoms with van der Waals surface area (Å²) in [6, 6.07) is 6.41. The van der Waals surface area contributed by atoms with Crippen molar-refractivity contribution in [1.82, 2.24) is 4.90 Å². The lowest BCUT2D eigenvalue weighted by atomic mass is 9.96. The Labute approximate surface area is 117 Å². The second-order valence-electron chi connectivity index (χ2n) is 5.25. The zero-order chi connectivity index (χ0) is 13.1. The Hall–Kier alpha value is -0.580. The number of piperidine rings is 1. The molecule has 1 aromatic carbocycles. The van der Waals surface area contributed by atoms with E-state index in [-0.39, 0.29) is 0 Å². The highest BCUT2D eigenvalue weighted by Gasteiger charge is 2.22. The van der Waals surface area contributed by atoms with Crippen molar-refractivity contribution < 1.29 is 4.74 Å². The Bertz CT molecular complexity index is 401. The Morgan fingerprint density at radius 2 is 2.22 bits per heavy atom. The summed E-state index contributed by atoms with van der Waals surface area (Å²) in [6.07, 6.45) is 1.13. The van der Waals surface area contributed by atoms with Crippen molar-refractivity contribution in [3.63, 3.8) is 0 Å². The van der Waals surface area contributed by atoms with Gasteiger partial charge >= 0.3 is 0 Å². The topological polar surface area (TPSA) is 38.5 Å². The van der Waals surface area contributed by atoms with Gasteiger partial charge in [0.15, 0.2) is 0 Å². The molecule has 0 radical (unpaired) electrons. The van der Waals surface area contributed by atoms with Gasteiger partial charge in [-0.3, -0.25) is 4.90 Å². The fraction of sp³-hybridized carbons (Fsp3) is 0.571. The first-order chi connectivity index (χ1) is 8.58. The van der Waals surface area contributed by atoms with Gasteiger partial charge in [0.2, 0.25) is 0 Å². The second kappa shape index (κ2) is 6.04. The largest absolute Gasteiger partial charge is 0.497 e. The maximum Gasteiger partial charge on any atom is 0.119 e. The van der Waals surface area contributed by atoms with Crippen LogP contribution in [0.25, 0.3) is 0 Å². The van der Waals surface area contributed by atoms with Gasteiger partial charge in [0.1, 0.15) is 5.75 Å². The van der Waals surface area contributed by atoms with Gasteiger partial charge in [0.05, 0.1) is 7.11 Å². The highest BCUT2D eigenvalue weighted by Crippen LogP contribution is 2.25. The van der Waals surface area contributed by atoms with Gasteiger partial charge in [-0.15, -0.1) is 0 Å². The molecule has 1 heterocycles. The minimum absolute atomic E-state index is 0.304. The number of hydrogen-bond donors (Lipinski definition) is 1. The van der Waals surface area contributed by atoms with E-state index in [2.05, 4.69) is 33.8 Å². The number of hydrogen-bond acceptors (Lipinski definition) is 3. The molecule has 4 heteroatoms. The average Bonchev–Trinajstić information content (AvgIpc) is 2.30. The zero-order valence-corrected chi connectivity index (χ0v) is 12.6. The number of methoxy groups -OCH3 is 1. The fourth-order valence-corrected chi connectivity index (χ4v) is 3.05. The van der Waals surface area contributed by atoms with Gasteiger partial charge in [0.25, 0.3) is 0 Å². The normalized spacial score (nSPS) is 25.1. The van der Waals surface area contributed by atoms with Gasteiger partial charge < -0.3 is 10.5 Å². The Balaban J connectivity index is 2.08. The molecule has 0 aromatic heterocycles. The third kappa shape index (κ3) is 3.46. The molecule has 2 atom stereocenters. The molecular weight excluding hydrogens is 292 g/mol. The molecule has 1 saturated heterocycles. The maximum atomic E-state index is 6.09. The second-order valence-corrected chi connectivity index (χ2v) is 6.11. The number of ether oxygens (including phenoxy) is 1. The van der Waals surface area contributed by atoms with Crippen LogP contribution in [0.4, 0.5) is 0 Å². The minimum Gasteiger partial charge on any atom is -0.497 e. The summed E-state index contributed by atoms with van der Waals surface area (Å²) in [5, 5.41) is 0. The Morgan fingerprint density at radius 1 is 1.44 bits per heavy atom. The zero-order valence-electron chi connectivity index (χ0n) is 11.0. The number of nitrogens with zero attached hydrogens (tertiary/aromatic N) is 1. The fourth-order valence-electron chi connectivity index (χ4n) is 2.68. The van der Waals surface area contributed by atoms with Crippen LogP contribution in [-0.4, -0.2) is 31.1 Å². The lowest BCUT2D eigenvalue weighted by molar-refractivity contribution is 0.158. The molecule has 1 aliphatic heterocycles. The quantitative estimate of drug-likeness (QED) is 0.932. The van der Waals surface area contributed by atoms with Gasteiger partial charge in [-0.2, -0.15) is 0 Å². The minimum atomic E-state index is 0.304. The van der Waals surface area contributed by atoms with Crippen LogP contribution in [-0.2, 0) is 6.54 Å². The van der Waals surface area contributed by atoms with E-state index in [9.17, 15) is 0 Å². The van der Waals surface area contributed by atoms with Crippen LogP contribution in [0.1, 0.15) is 18.9 Å². The first kappa shape index (κ1) is 13.8. The summed E-state index contributed by atoms with van der Waals surface area (Å²) in [5.74, 6) is 1.58. The summed E-state index contributed by atoms with van der Waals surface area (Å²) >= 11 is 3.60. The Kier molecular flexibility index (Phi) is 4.65. The van der Waals surface area contributed by atoms with Gasteiger partial charge in [-0.05, 0) is 36.1 Å². The van der Waals surface area contributed by atoms with Crippen molar-refractivity contribution in [3.8, 4) is 5.75 Å². The van der Waals surface area contributed by atoms with Crippen LogP contribution in [0, 0.1) is 5.92 Å². The smallest absolute Gasteiger partial charge is 0.119 e. The lowest BCUT2D eigenvalue weighted by Gasteiger charge is -2.35. The van der Waals surface area contributed by atoms with Crippen LogP contribution < -0.4 is 10.5 Å². The molecule has 2 rings (SSSR count). The van der Waals surface area contributed by atoms with E-state index in [1.165, 1.54) is 5.56 Å². The van der Waals surface area contributed by atoms with Crippen molar-refractivity contribution in [1.29, 1.82) is 0 Å². The molecular formula is C14H21BrN2O. The third-order valence-electron chi connectivity index (χ3n) is 3.41. The number of nitrogens with two attached hydrogens (primary N) is 1. The molecule has 1 aliphatic rings. The van der Waals surface area contributed by atoms with Crippen molar-refractivity contribution in [2.75, 3.05) is 20.2 Å². The highest BCUT2D eigenvalue weighted by atomic mass is 79.9. The number of halogens is 1. The average molecular weight is 313 g/mol. The molecule has 2 N–H and O–H groups in total. The van der Waals surface area contributed by atoms with E-state index in [0.29, 0.717) is 12.0 Å². The predicted octanol–water partition coefficient (Wildman–Crippen LogP) is 2.63. The van der Waals surface area contributed by atoms with Gasteiger partial charge in [-0.1, -0.05) is 22.9 Å². The van der Waals surface area contributed by atoms with E-state index in [1.807, 2.05) is 12.1 Å². The lowest BCUT2D eigenvalue weighted by Crippen LogP contribution is -2.45. The van der Waals surface area contributed by atoms with Crippen molar-refractivity contribution >= 4 is 15.9 Å². The first-order valence-electron chi connectivity index (χ1n) is 6.39. The first-order valence-corrected chi connectivity index (χ1v) is 7.18. The maximum absolute atomic E-state index is 6.09. The Morgan fingerprint density at radius 3 is 2.89 bits per heavy atom. The molecule has 100 valence electrons. The van der Waals surface area contributed by atoms with Crippen molar-refractivity contribution in [2.45, 2.75) is 25.9 Å². The molecule has 0 aliphatic carbocycles. The molecule has 0 saturated carbocycles. The van der Waals surface area contributed by atoms with Crippen LogP contribution >= 0.6 is 15.9 Å². The number of likely N-dealkylation sites (tertiary alicyclic amines) is 1. The van der Waals surface area contributed by atoms with Crippen LogP contribution in [0.3, 0.4) is 0 Å². The molecule has 18 heavy (non-hydrogen) atoms. The standard InChI is InChI=1S/C14H21BrN2O/c1-10-5-12(16)9-17(7-10)8-11-6-13(18-2)3-4-14(11)15/h3-4,6,10,12H,5,7-9,16H2,1-2H3. The highest BCUT2D eigenvalue weighted by molar-refractivity contribution is 9.10. The predicted molar refractivity (Wildman–Crippen MR) is 77.7 cm³/mol. The summed E-state index contributed by atoms with van der Waals surface area (Å²) < 4.78 is 6.41. The number of rotatable bonds is 3. The molecule has 0 bridgehead atoms. The van der Waals surface area contributed by atoms with Crippen LogP contribution in [0.2, 0.25) is 0 Å². The summed E-state index contributed by atoms with van der Waals surface area (Å²) in [6.45, 7) is 5.30. The molecule has 2 unspecified atom stereocenters. The molecule has 0 spiro atoms. The van der Waals surface area contributed by atoms with Crippen molar-refractivity contribution in [2.24, 2.45) is 11.7 Å².